The topological polar surface area (TPSA) is 17.1 Å². The van der Waals surface area contributed by atoms with Gasteiger partial charge in [0.2, 0.25) is 0 Å². The van der Waals surface area contributed by atoms with Crippen LogP contribution in [0.4, 0.5) is 0 Å². The maximum absolute atomic E-state index is 12.1. The molecule has 1 atom stereocenters. The van der Waals surface area contributed by atoms with Crippen molar-refractivity contribution in [2.75, 3.05) is 0 Å². The van der Waals surface area contributed by atoms with E-state index < -0.39 is 0 Å². The summed E-state index contributed by atoms with van der Waals surface area (Å²) in [4.78, 5) is 12.1. The third-order valence-corrected chi connectivity index (χ3v) is 4.44. The Kier molecular flexibility index (Phi) is 4.01. The zero-order chi connectivity index (χ0) is 14.7. The van der Waals surface area contributed by atoms with E-state index in [-0.39, 0.29) is 5.92 Å². The Morgan fingerprint density at radius 2 is 1.52 bits per heavy atom. The second-order valence-electron chi connectivity index (χ2n) is 5.73. The first-order valence-corrected chi connectivity index (χ1v) is 7.57. The molecule has 3 rings (SSSR count). The van der Waals surface area contributed by atoms with E-state index in [0.29, 0.717) is 12.2 Å². The molecule has 1 aliphatic rings. The van der Waals surface area contributed by atoms with Crippen LogP contribution in [0, 0.1) is 0 Å². The SMILES string of the molecule is CC1=C(CCc2ccccc2)C(c2ccccc2)CC1=O. The first-order valence-electron chi connectivity index (χ1n) is 7.57. The highest BCUT2D eigenvalue weighted by molar-refractivity contribution is 5.99. The maximum Gasteiger partial charge on any atom is 0.159 e. The molecule has 1 unspecified atom stereocenters. The largest absolute Gasteiger partial charge is 0.295 e. The lowest BCUT2D eigenvalue weighted by molar-refractivity contribution is -0.115. The van der Waals surface area contributed by atoms with E-state index in [1.807, 2.05) is 19.1 Å². The molecule has 0 amide bonds. The predicted octanol–water partition coefficient (Wildman–Crippen LogP) is 4.69. The van der Waals surface area contributed by atoms with Crippen molar-refractivity contribution in [1.82, 2.24) is 0 Å². The van der Waals surface area contributed by atoms with Crippen LogP contribution in [0.25, 0.3) is 0 Å². The minimum absolute atomic E-state index is 0.280. The number of carbonyl (C=O) groups excluding carboxylic acids is 1. The molecule has 0 aromatic heterocycles. The molecule has 0 fully saturated rings. The minimum atomic E-state index is 0.280. The number of rotatable bonds is 4. The Hall–Kier alpha value is -2.15. The van der Waals surface area contributed by atoms with Gasteiger partial charge in [0.05, 0.1) is 0 Å². The molecule has 0 radical (unpaired) electrons. The maximum atomic E-state index is 12.1. The van der Waals surface area contributed by atoms with E-state index in [4.69, 9.17) is 0 Å². The smallest absolute Gasteiger partial charge is 0.159 e. The van der Waals surface area contributed by atoms with Gasteiger partial charge in [0.1, 0.15) is 0 Å². The van der Waals surface area contributed by atoms with Crippen LogP contribution >= 0.6 is 0 Å². The number of hydrogen-bond donors (Lipinski definition) is 0. The lowest BCUT2D eigenvalue weighted by Gasteiger charge is -2.15. The molecule has 21 heavy (non-hydrogen) atoms. The minimum Gasteiger partial charge on any atom is -0.295 e. The quantitative estimate of drug-likeness (QED) is 0.791. The van der Waals surface area contributed by atoms with Crippen molar-refractivity contribution in [2.45, 2.75) is 32.1 Å². The van der Waals surface area contributed by atoms with Gasteiger partial charge >= 0.3 is 0 Å². The van der Waals surface area contributed by atoms with Gasteiger partial charge in [-0.25, -0.2) is 0 Å². The molecule has 0 spiro atoms. The summed E-state index contributed by atoms with van der Waals surface area (Å²) in [6.45, 7) is 1.99. The lowest BCUT2D eigenvalue weighted by atomic mass is 9.88. The van der Waals surface area contributed by atoms with Crippen molar-refractivity contribution >= 4 is 5.78 Å². The summed E-state index contributed by atoms with van der Waals surface area (Å²) in [5.41, 5.74) is 4.92. The van der Waals surface area contributed by atoms with Crippen LogP contribution in [0.1, 0.15) is 36.8 Å². The summed E-state index contributed by atoms with van der Waals surface area (Å²) in [6.07, 6.45) is 2.62. The lowest BCUT2D eigenvalue weighted by Crippen LogP contribution is -2.00. The molecular formula is C20H20O. The summed E-state index contributed by atoms with van der Waals surface area (Å²) in [5, 5.41) is 0. The standard InChI is InChI=1S/C20H20O/c1-15-18(13-12-16-8-4-2-5-9-16)19(14-20(15)21)17-10-6-3-7-11-17/h2-11,19H,12-14H2,1H3. The molecule has 1 aliphatic carbocycles. The van der Waals surface area contributed by atoms with Gasteiger partial charge in [-0.2, -0.15) is 0 Å². The summed E-state index contributed by atoms with van der Waals surface area (Å²) in [5.74, 6) is 0.592. The highest BCUT2D eigenvalue weighted by Gasteiger charge is 2.30. The molecule has 0 saturated carbocycles. The molecule has 0 saturated heterocycles. The summed E-state index contributed by atoms with van der Waals surface area (Å²) < 4.78 is 0. The van der Waals surface area contributed by atoms with Crippen LogP contribution in [0.15, 0.2) is 71.8 Å². The van der Waals surface area contributed by atoms with Gasteiger partial charge in [-0.15, -0.1) is 0 Å². The first kappa shape index (κ1) is 13.8. The highest BCUT2D eigenvalue weighted by Crippen LogP contribution is 2.39. The molecule has 2 aromatic carbocycles. The Morgan fingerprint density at radius 3 is 2.19 bits per heavy atom. The second kappa shape index (κ2) is 6.09. The number of aryl methyl sites for hydroxylation is 1. The van der Waals surface area contributed by atoms with Crippen LogP contribution in [0.5, 0.6) is 0 Å². The Balaban J connectivity index is 1.81. The number of Topliss-reactive ketones (excluding diaryl/α,β-unsaturated/α-hetero) is 1. The molecule has 2 aromatic rings. The van der Waals surface area contributed by atoms with Gasteiger partial charge in [-0.3, -0.25) is 4.79 Å². The number of hydrogen-bond acceptors (Lipinski definition) is 1. The third-order valence-electron chi connectivity index (χ3n) is 4.44. The van der Waals surface area contributed by atoms with Crippen molar-refractivity contribution < 1.29 is 4.79 Å². The number of ketones is 1. The molecule has 1 heteroatoms. The van der Waals surface area contributed by atoms with E-state index in [2.05, 4.69) is 48.5 Å². The average Bonchev–Trinajstić information content (AvgIpc) is 2.82. The van der Waals surface area contributed by atoms with Crippen LogP contribution in [0.2, 0.25) is 0 Å². The third kappa shape index (κ3) is 2.97. The molecule has 0 N–H and O–H groups in total. The number of allylic oxidation sites excluding steroid dienone is 2. The van der Waals surface area contributed by atoms with Crippen molar-refractivity contribution in [2.24, 2.45) is 0 Å². The fourth-order valence-corrected chi connectivity index (χ4v) is 3.19. The van der Waals surface area contributed by atoms with Gasteiger partial charge in [0.25, 0.3) is 0 Å². The first-order chi connectivity index (χ1) is 10.3. The summed E-state index contributed by atoms with van der Waals surface area (Å²) >= 11 is 0. The Morgan fingerprint density at radius 1 is 0.905 bits per heavy atom. The highest BCUT2D eigenvalue weighted by atomic mass is 16.1. The van der Waals surface area contributed by atoms with E-state index in [9.17, 15) is 4.79 Å². The van der Waals surface area contributed by atoms with Crippen molar-refractivity contribution in [3.8, 4) is 0 Å². The molecule has 1 nitrogen and oxygen atoms in total. The predicted molar refractivity (Wildman–Crippen MR) is 86.3 cm³/mol. The Labute approximate surface area is 126 Å². The molecule has 0 aliphatic heterocycles. The van der Waals surface area contributed by atoms with Crippen molar-refractivity contribution in [3.05, 3.63) is 82.9 Å². The van der Waals surface area contributed by atoms with Crippen molar-refractivity contribution in [3.63, 3.8) is 0 Å². The zero-order valence-corrected chi connectivity index (χ0v) is 12.4. The number of carbonyl (C=O) groups is 1. The van der Waals surface area contributed by atoms with E-state index in [1.54, 1.807) is 0 Å². The van der Waals surface area contributed by atoms with E-state index >= 15 is 0 Å². The van der Waals surface area contributed by atoms with E-state index in [1.165, 1.54) is 16.7 Å². The molecular weight excluding hydrogens is 256 g/mol. The normalized spacial score (nSPS) is 18.3. The van der Waals surface area contributed by atoms with Crippen molar-refractivity contribution in [1.29, 1.82) is 0 Å². The summed E-state index contributed by atoms with van der Waals surface area (Å²) in [6, 6.07) is 20.9. The number of benzene rings is 2. The molecule has 0 bridgehead atoms. The fourth-order valence-electron chi connectivity index (χ4n) is 3.19. The van der Waals surface area contributed by atoms with Crippen LogP contribution < -0.4 is 0 Å². The fraction of sp³-hybridized carbons (Fsp3) is 0.250. The van der Waals surface area contributed by atoms with Gasteiger partial charge in [-0.05, 0) is 36.5 Å². The monoisotopic (exact) mass is 276 g/mol. The van der Waals surface area contributed by atoms with Gasteiger partial charge < -0.3 is 0 Å². The average molecular weight is 276 g/mol. The molecule has 0 heterocycles. The van der Waals surface area contributed by atoms with Crippen LogP contribution in [-0.4, -0.2) is 5.78 Å². The van der Waals surface area contributed by atoms with Crippen LogP contribution in [-0.2, 0) is 11.2 Å². The zero-order valence-electron chi connectivity index (χ0n) is 12.4. The summed E-state index contributed by atoms with van der Waals surface area (Å²) in [7, 11) is 0. The van der Waals surface area contributed by atoms with Gasteiger partial charge in [-0.1, -0.05) is 66.2 Å². The van der Waals surface area contributed by atoms with Gasteiger partial charge in [0, 0.05) is 12.3 Å². The van der Waals surface area contributed by atoms with Gasteiger partial charge in [0.15, 0.2) is 5.78 Å². The second-order valence-corrected chi connectivity index (χ2v) is 5.73. The Bertz CT molecular complexity index is 653. The van der Waals surface area contributed by atoms with E-state index in [0.717, 1.165) is 18.4 Å². The molecule has 106 valence electrons. The van der Waals surface area contributed by atoms with Crippen LogP contribution in [0.3, 0.4) is 0 Å².